The largest absolute Gasteiger partial charge is 0.314 e. The molecule has 0 aliphatic heterocycles. The molecule has 0 amide bonds. The van der Waals surface area contributed by atoms with Crippen LogP contribution >= 0.6 is 0 Å². The highest BCUT2D eigenvalue weighted by atomic mass is 19.1. The van der Waals surface area contributed by atoms with E-state index in [1.54, 1.807) is 12.4 Å². The average Bonchev–Trinajstić information content (AvgIpc) is 2.14. The number of nitrogens with zero attached hydrogens (tertiary/aromatic N) is 1. The minimum absolute atomic E-state index is 0.295. The Bertz CT molecular complexity index is 201. The molecule has 0 saturated carbocycles. The molecule has 1 N–H and O–H groups in total. The van der Waals surface area contributed by atoms with E-state index in [0.717, 1.165) is 13.0 Å². The first-order valence-electron chi connectivity index (χ1n) is 4.09. The number of halogens is 1. The summed E-state index contributed by atoms with van der Waals surface area (Å²) in [6.45, 7) is 0.982. The minimum atomic E-state index is -0.295. The summed E-state index contributed by atoms with van der Waals surface area (Å²) in [5, 5.41) is 2.99. The highest BCUT2D eigenvalue weighted by Gasteiger charge is 1.90. The van der Waals surface area contributed by atoms with Crippen molar-refractivity contribution in [3.8, 4) is 0 Å². The summed E-state index contributed by atoms with van der Waals surface area (Å²) in [5.41, 5.74) is 1.23. The van der Waals surface area contributed by atoms with Crippen LogP contribution in [0.3, 0.4) is 0 Å². The lowest BCUT2D eigenvalue weighted by molar-refractivity contribution is 0.468. The molecule has 66 valence electrons. The van der Waals surface area contributed by atoms with Crippen molar-refractivity contribution in [2.24, 2.45) is 0 Å². The number of rotatable bonds is 5. The van der Waals surface area contributed by atoms with Gasteiger partial charge in [-0.2, -0.15) is 0 Å². The Hall–Kier alpha value is -0.960. The van der Waals surface area contributed by atoms with Gasteiger partial charge in [0.05, 0.1) is 0 Å². The van der Waals surface area contributed by atoms with Crippen molar-refractivity contribution in [1.82, 2.24) is 10.3 Å². The number of alkyl halides is 1. The molecule has 0 fully saturated rings. The van der Waals surface area contributed by atoms with Gasteiger partial charge in [0, 0.05) is 18.9 Å². The standard InChI is InChI=1S/C9H13FN2/c10-4-8-12-7-3-9-1-5-11-6-2-9/h1-2,5-6,12H,3-4,7-8H2. The maximum absolute atomic E-state index is 11.6. The summed E-state index contributed by atoms with van der Waals surface area (Å²) in [6.07, 6.45) is 4.47. The molecule has 1 heterocycles. The van der Waals surface area contributed by atoms with E-state index in [9.17, 15) is 4.39 Å². The highest BCUT2D eigenvalue weighted by Crippen LogP contribution is 1.95. The SMILES string of the molecule is FCCNCCc1ccncc1. The van der Waals surface area contributed by atoms with Gasteiger partial charge < -0.3 is 5.32 Å². The zero-order chi connectivity index (χ0) is 8.65. The molecule has 0 radical (unpaired) electrons. The van der Waals surface area contributed by atoms with Gasteiger partial charge in [-0.15, -0.1) is 0 Å². The van der Waals surface area contributed by atoms with Crippen molar-refractivity contribution < 1.29 is 4.39 Å². The van der Waals surface area contributed by atoms with Crippen LogP contribution in [0, 0.1) is 0 Å². The molecule has 1 aromatic heterocycles. The van der Waals surface area contributed by atoms with Crippen LogP contribution < -0.4 is 5.32 Å². The Morgan fingerprint density at radius 2 is 2.00 bits per heavy atom. The van der Waals surface area contributed by atoms with Crippen LogP contribution in [-0.2, 0) is 6.42 Å². The Morgan fingerprint density at radius 1 is 1.25 bits per heavy atom. The molecule has 0 aliphatic carbocycles. The number of pyridine rings is 1. The van der Waals surface area contributed by atoms with E-state index >= 15 is 0 Å². The Kier molecular flexibility index (Phi) is 4.31. The fraction of sp³-hybridized carbons (Fsp3) is 0.444. The van der Waals surface area contributed by atoms with E-state index in [1.807, 2.05) is 12.1 Å². The predicted molar refractivity (Wildman–Crippen MR) is 46.8 cm³/mol. The van der Waals surface area contributed by atoms with Crippen LogP contribution in [0.4, 0.5) is 4.39 Å². The van der Waals surface area contributed by atoms with E-state index < -0.39 is 0 Å². The molecule has 0 saturated heterocycles. The van der Waals surface area contributed by atoms with E-state index in [0.29, 0.717) is 6.54 Å². The van der Waals surface area contributed by atoms with Crippen LogP contribution in [0.15, 0.2) is 24.5 Å². The fourth-order valence-electron chi connectivity index (χ4n) is 0.974. The Morgan fingerprint density at radius 3 is 2.67 bits per heavy atom. The van der Waals surface area contributed by atoms with Crippen LogP contribution in [-0.4, -0.2) is 24.7 Å². The lowest BCUT2D eigenvalue weighted by Crippen LogP contribution is -2.19. The van der Waals surface area contributed by atoms with Gasteiger partial charge in [0.2, 0.25) is 0 Å². The molecular formula is C9H13FN2. The molecule has 1 aromatic rings. The molecule has 2 nitrogen and oxygen atoms in total. The van der Waals surface area contributed by atoms with Gasteiger partial charge in [-0.25, -0.2) is 4.39 Å². The van der Waals surface area contributed by atoms with Gasteiger partial charge in [-0.05, 0) is 30.7 Å². The van der Waals surface area contributed by atoms with E-state index in [2.05, 4.69) is 10.3 Å². The second-order valence-corrected chi connectivity index (χ2v) is 2.54. The molecule has 0 unspecified atom stereocenters. The molecule has 3 heteroatoms. The van der Waals surface area contributed by atoms with Crippen molar-refractivity contribution >= 4 is 0 Å². The number of hydrogen-bond acceptors (Lipinski definition) is 2. The fourth-order valence-corrected chi connectivity index (χ4v) is 0.974. The summed E-state index contributed by atoms with van der Waals surface area (Å²) in [6, 6.07) is 3.94. The van der Waals surface area contributed by atoms with Gasteiger partial charge in [0.15, 0.2) is 0 Å². The zero-order valence-electron chi connectivity index (χ0n) is 6.96. The molecular weight excluding hydrogens is 155 g/mol. The maximum Gasteiger partial charge on any atom is 0.102 e. The Balaban J connectivity index is 2.16. The second-order valence-electron chi connectivity index (χ2n) is 2.54. The Labute approximate surface area is 71.8 Å². The molecule has 0 aromatic carbocycles. The highest BCUT2D eigenvalue weighted by molar-refractivity contribution is 5.09. The van der Waals surface area contributed by atoms with Gasteiger partial charge in [-0.3, -0.25) is 4.98 Å². The smallest absolute Gasteiger partial charge is 0.102 e. The van der Waals surface area contributed by atoms with E-state index in [4.69, 9.17) is 0 Å². The third-order valence-corrected chi connectivity index (χ3v) is 1.61. The average molecular weight is 168 g/mol. The molecule has 1 rings (SSSR count). The maximum atomic E-state index is 11.6. The second kappa shape index (κ2) is 5.66. The van der Waals surface area contributed by atoms with Gasteiger partial charge in [0.25, 0.3) is 0 Å². The summed E-state index contributed by atoms with van der Waals surface area (Å²) < 4.78 is 11.6. The predicted octanol–water partition coefficient (Wildman–Crippen LogP) is 1.18. The number of hydrogen-bond donors (Lipinski definition) is 1. The van der Waals surface area contributed by atoms with Crippen molar-refractivity contribution in [1.29, 1.82) is 0 Å². The van der Waals surface area contributed by atoms with Gasteiger partial charge >= 0.3 is 0 Å². The third-order valence-electron chi connectivity index (χ3n) is 1.61. The molecule has 12 heavy (non-hydrogen) atoms. The summed E-state index contributed by atoms with van der Waals surface area (Å²) in [7, 11) is 0. The van der Waals surface area contributed by atoms with Crippen molar-refractivity contribution in [2.45, 2.75) is 6.42 Å². The van der Waals surface area contributed by atoms with E-state index in [1.165, 1.54) is 5.56 Å². The summed E-state index contributed by atoms with van der Waals surface area (Å²) in [5.74, 6) is 0. The van der Waals surface area contributed by atoms with Crippen LogP contribution in [0.1, 0.15) is 5.56 Å². The van der Waals surface area contributed by atoms with E-state index in [-0.39, 0.29) is 6.67 Å². The minimum Gasteiger partial charge on any atom is -0.314 e. The first-order valence-corrected chi connectivity index (χ1v) is 4.09. The number of aromatic nitrogens is 1. The summed E-state index contributed by atoms with van der Waals surface area (Å²) in [4.78, 5) is 3.91. The number of nitrogens with one attached hydrogen (secondary N) is 1. The van der Waals surface area contributed by atoms with Gasteiger partial charge in [0.1, 0.15) is 6.67 Å². The summed E-state index contributed by atoms with van der Waals surface area (Å²) >= 11 is 0. The monoisotopic (exact) mass is 168 g/mol. The molecule has 0 aliphatic rings. The van der Waals surface area contributed by atoms with Crippen LogP contribution in [0.5, 0.6) is 0 Å². The lowest BCUT2D eigenvalue weighted by Gasteiger charge is -2.01. The van der Waals surface area contributed by atoms with Crippen molar-refractivity contribution in [3.05, 3.63) is 30.1 Å². The first kappa shape index (κ1) is 9.13. The molecule has 0 bridgehead atoms. The van der Waals surface area contributed by atoms with Crippen molar-refractivity contribution in [3.63, 3.8) is 0 Å². The zero-order valence-corrected chi connectivity index (χ0v) is 6.96. The van der Waals surface area contributed by atoms with Gasteiger partial charge in [-0.1, -0.05) is 0 Å². The normalized spacial score (nSPS) is 10.1. The topological polar surface area (TPSA) is 24.9 Å². The van der Waals surface area contributed by atoms with Crippen molar-refractivity contribution in [2.75, 3.05) is 19.8 Å². The molecule has 0 spiro atoms. The quantitative estimate of drug-likeness (QED) is 0.668. The van der Waals surface area contributed by atoms with Crippen LogP contribution in [0.2, 0.25) is 0 Å². The lowest BCUT2D eigenvalue weighted by atomic mass is 10.2. The first-order chi connectivity index (χ1) is 5.93. The molecule has 0 atom stereocenters. The third kappa shape index (κ3) is 3.44. The van der Waals surface area contributed by atoms with Crippen LogP contribution in [0.25, 0.3) is 0 Å².